The third-order valence-corrected chi connectivity index (χ3v) is 2.19. The lowest BCUT2D eigenvalue weighted by molar-refractivity contribution is 0.631. The van der Waals surface area contributed by atoms with E-state index in [2.05, 4.69) is 6.07 Å². The van der Waals surface area contributed by atoms with Crippen LogP contribution in [0.5, 0.6) is 0 Å². The standard InChI is InChI=1S/C12H7ClF/c13-10-7-5-9(6-8-10)11-3-1-2-4-12(11)14/h1-7H. The molecule has 1 radical (unpaired) electrons. The van der Waals surface area contributed by atoms with Crippen LogP contribution in [0, 0.1) is 11.9 Å². The molecule has 2 heteroatoms. The molecule has 0 spiro atoms. The van der Waals surface area contributed by atoms with Gasteiger partial charge in [0.05, 0.1) is 0 Å². The minimum atomic E-state index is -0.233. The van der Waals surface area contributed by atoms with Crippen LogP contribution in [-0.4, -0.2) is 0 Å². The van der Waals surface area contributed by atoms with Crippen LogP contribution >= 0.6 is 11.6 Å². The third kappa shape index (κ3) is 1.78. The lowest BCUT2D eigenvalue weighted by atomic mass is 10.1. The molecular weight excluding hydrogens is 199 g/mol. The van der Waals surface area contributed by atoms with Gasteiger partial charge in [0, 0.05) is 16.7 Å². The fourth-order valence-electron chi connectivity index (χ4n) is 1.27. The van der Waals surface area contributed by atoms with Gasteiger partial charge < -0.3 is 0 Å². The molecule has 0 N–H and O–H groups in total. The third-order valence-electron chi connectivity index (χ3n) is 1.96. The first-order valence-electron chi connectivity index (χ1n) is 4.19. The molecule has 2 rings (SSSR count). The maximum Gasteiger partial charge on any atom is 0.131 e. The van der Waals surface area contributed by atoms with E-state index < -0.39 is 0 Å². The summed E-state index contributed by atoms with van der Waals surface area (Å²) in [5.41, 5.74) is 1.35. The van der Waals surface area contributed by atoms with Crippen molar-refractivity contribution in [2.24, 2.45) is 0 Å². The second-order valence-corrected chi connectivity index (χ2v) is 3.31. The quantitative estimate of drug-likeness (QED) is 0.662. The highest BCUT2D eigenvalue weighted by Crippen LogP contribution is 2.23. The van der Waals surface area contributed by atoms with Gasteiger partial charge >= 0.3 is 0 Å². The van der Waals surface area contributed by atoms with Crippen LogP contribution in [0.15, 0.2) is 42.5 Å². The van der Waals surface area contributed by atoms with E-state index in [-0.39, 0.29) is 5.82 Å². The van der Waals surface area contributed by atoms with E-state index in [1.165, 1.54) is 6.07 Å². The van der Waals surface area contributed by atoms with Crippen molar-refractivity contribution in [3.05, 3.63) is 59.4 Å². The minimum absolute atomic E-state index is 0.233. The Morgan fingerprint density at radius 3 is 2.50 bits per heavy atom. The summed E-state index contributed by atoms with van der Waals surface area (Å²) in [7, 11) is 0. The van der Waals surface area contributed by atoms with Crippen molar-refractivity contribution < 1.29 is 4.39 Å². The molecule has 69 valence electrons. The molecule has 2 aromatic rings. The highest BCUT2D eigenvalue weighted by Gasteiger charge is 2.02. The second-order valence-electron chi connectivity index (χ2n) is 2.91. The highest BCUT2D eigenvalue weighted by atomic mass is 35.5. The maximum atomic E-state index is 13.3. The molecule has 0 bridgehead atoms. The lowest BCUT2D eigenvalue weighted by Gasteiger charge is -2.02. The smallest absolute Gasteiger partial charge is 0.131 e. The van der Waals surface area contributed by atoms with E-state index in [4.69, 9.17) is 11.6 Å². The van der Waals surface area contributed by atoms with Gasteiger partial charge in [0.1, 0.15) is 5.82 Å². The van der Waals surface area contributed by atoms with E-state index in [9.17, 15) is 4.39 Å². The first-order chi connectivity index (χ1) is 6.77. The van der Waals surface area contributed by atoms with Crippen LogP contribution in [0.1, 0.15) is 0 Å². The Labute approximate surface area is 87.0 Å². The van der Waals surface area contributed by atoms with Crippen LogP contribution in [0.3, 0.4) is 0 Å². The predicted molar refractivity (Wildman–Crippen MR) is 55.7 cm³/mol. The molecule has 0 heterocycles. The van der Waals surface area contributed by atoms with Crippen LogP contribution in [-0.2, 0) is 0 Å². The summed E-state index contributed by atoms with van der Waals surface area (Å²) >= 11 is 5.69. The molecule has 0 aliphatic rings. The average Bonchev–Trinajstić information content (AvgIpc) is 2.20. The fourth-order valence-corrected chi connectivity index (χ4v) is 1.39. The van der Waals surface area contributed by atoms with Crippen LogP contribution in [0.2, 0.25) is 5.02 Å². The van der Waals surface area contributed by atoms with E-state index in [1.807, 2.05) is 0 Å². The molecule has 0 fully saturated rings. The largest absolute Gasteiger partial charge is 0.206 e. The average molecular weight is 206 g/mol. The molecule has 0 aliphatic carbocycles. The van der Waals surface area contributed by atoms with Crippen LogP contribution < -0.4 is 0 Å². The Morgan fingerprint density at radius 1 is 1.07 bits per heavy atom. The maximum absolute atomic E-state index is 13.3. The molecule has 0 amide bonds. The SMILES string of the molecule is Fc1ccccc1-c1c[c]c(Cl)cc1. The van der Waals surface area contributed by atoms with Gasteiger partial charge in [0.2, 0.25) is 0 Å². The number of halogens is 2. The van der Waals surface area contributed by atoms with Gasteiger partial charge in [-0.05, 0) is 23.8 Å². The van der Waals surface area contributed by atoms with Crippen molar-refractivity contribution in [1.82, 2.24) is 0 Å². The topological polar surface area (TPSA) is 0 Å². The van der Waals surface area contributed by atoms with Gasteiger partial charge in [-0.2, -0.15) is 0 Å². The van der Waals surface area contributed by atoms with Crippen molar-refractivity contribution in [2.75, 3.05) is 0 Å². The molecule has 0 atom stereocenters. The van der Waals surface area contributed by atoms with Gasteiger partial charge in [0.25, 0.3) is 0 Å². The minimum Gasteiger partial charge on any atom is -0.206 e. The lowest BCUT2D eigenvalue weighted by Crippen LogP contribution is -1.82. The molecule has 14 heavy (non-hydrogen) atoms. The molecule has 0 aliphatic heterocycles. The zero-order valence-corrected chi connectivity index (χ0v) is 8.05. The summed E-state index contributed by atoms with van der Waals surface area (Å²) in [4.78, 5) is 0. The van der Waals surface area contributed by atoms with Crippen molar-refractivity contribution in [2.45, 2.75) is 0 Å². The normalized spacial score (nSPS) is 10.1. The monoisotopic (exact) mass is 205 g/mol. The Balaban J connectivity index is 2.50. The summed E-state index contributed by atoms with van der Waals surface area (Å²) in [6, 6.07) is 14.6. The molecule has 0 unspecified atom stereocenters. The number of benzene rings is 2. The number of hydrogen-bond acceptors (Lipinski definition) is 0. The molecule has 2 aromatic carbocycles. The van der Waals surface area contributed by atoms with E-state index in [1.54, 1.807) is 36.4 Å². The van der Waals surface area contributed by atoms with E-state index in [0.29, 0.717) is 10.6 Å². The summed E-state index contributed by atoms with van der Waals surface area (Å²) in [5, 5.41) is 0.532. The first kappa shape index (κ1) is 9.22. The van der Waals surface area contributed by atoms with Crippen molar-refractivity contribution >= 4 is 11.6 Å². The predicted octanol–water partition coefficient (Wildman–Crippen LogP) is 3.95. The number of hydrogen-bond donors (Lipinski definition) is 0. The molecule has 0 saturated carbocycles. The summed E-state index contributed by atoms with van der Waals surface area (Å²) < 4.78 is 13.3. The van der Waals surface area contributed by atoms with Crippen molar-refractivity contribution in [3.8, 4) is 11.1 Å². The number of rotatable bonds is 1. The Bertz CT molecular complexity index is 434. The van der Waals surface area contributed by atoms with Gasteiger partial charge in [-0.1, -0.05) is 35.9 Å². The Morgan fingerprint density at radius 2 is 1.86 bits per heavy atom. The highest BCUT2D eigenvalue weighted by molar-refractivity contribution is 6.30. The van der Waals surface area contributed by atoms with Crippen molar-refractivity contribution in [3.63, 3.8) is 0 Å². The van der Waals surface area contributed by atoms with Gasteiger partial charge in [-0.25, -0.2) is 4.39 Å². The Hall–Kier alpha value is -1.34. The van der Waals surface area contributed by atoms with E-state index >= 15 is 0 Å². The van der Waals surface area contributed by atoms with Crippen molar-refractivity contribution in [1.29, 1.82) is 0 Å². The van der Waals surface area contributed by atoms with Crippen LogP contribution in [0.4, 0.5) is 4.39 Å². The summed E-state index contributed by atoms with van der Waals surface area (Å²) in [5.74, 6) is -0.233. The van der Waals surface area contributed by atoms with Crippen LogP contribution in [0.25, 0.3) is 11.1 Å². The first-order valence-corrected chi connectivity index (χ1v) is 4.57. The fraction of sp³-hybridized carbons (Fsp3) is 0. The zero-order valence-electron chi connectivity index (χ0n) is 7.30. The second kappa shape index (κ2) is 3.81. The summed E-state index contributed by atoms with van der Waals surface area (Å²) in [6.07, 6.45) is 0. The molecule has 0 saturated heterocycles. The zero-order chi connectivity index (χ0) is 9.97. The molecular formula is C12H7ClF. The summed E-state index contributed by atoms with van der Waals surface area (Å²) in [6.45, 7) is 0. The van der Waals surface area contributed by atoms with Gasteiger partial charge in [0.15, 0.2) is 0 Å². The van der Waals surface area contributed by atoms with E-state index in [0.717, 1.165) is 5.56 Å². The van der Waals surface area contributed by atoms with Gasteiger partial charge in [-0.3, -0.25) is 0 Å². The molecule has 0 aromatic heterocycles. The molecule has 0 nitrogen and oxygen atoms in total. The Kier molecular flexibility index (Phi) is 2.51. The van der Waals surface area contributed by atoms with Gasteiger partial charge in [-0.15, -0.1) is 0 Å².